The van der Waals surface area contributed by atoms with Gasteiger partial charge in [0.2, 0.25) is 5.91 Å². The standard InChI is InChI=1S/C19H16ClN3O2S2/c20-16-4-2-1-3-14(16)11-26-12-17(24)22-15-7-5-13(6-8-15)18(25)23-19-21-9-10-27-19/h1-10H,11-12H2,(H,22,24)(H,21,23,25). The molecule has 5 nitrogen and oxygen atoms in total. The first-order valence-electron chi connectivity index (χ1n) is 8.04. The number of carbonyl (C=O) groups is 2. The Hall–Kier alpha value is -2.35. The number of halogens is 1. The maximum absolute atomic E-state index is 12.1. The van der Waals surface area contributed by atoms with Crippen LogP contribution in [-0.4, -0.2) is 22.6 Å². The molecule has 0 radical (unpaired) electrons. The highest BCUT2D eigenvalue weighted by molar-refractivity contribution is 7.99. The predicted octanol–water partition coefficient (Wildman–Crippen LogP) is 4.92. The fourth-order valence-electron chi connectivity index (χ4n) is 2.23. The molecule has 0 aliphatic heterocycles. The molecule has 0 fully saturated rings. The first-order valence-corrected chi connectivity index (χ1v) is 10.4. The molecule has 2 amide bonds. The lowest BCUT2D eigenvalue weighted by Gasteiger charge is -2.07. The second-order valence-corrected chi connectivity index (χ2v) is 7.79. The Kier molecular flexibility index (Phi) is 6.86. The van der Waals surface area contributed by atoms with Gasteiger partial charge in [0.1, 0.15) is 0 Å². The zero-order chi connectivity index (χ0) is 19.1. The van der Waals surface area contributed by atoms with Crippen LogP contribution in [0.25, 0.3) is 0 Å². The molecule has 0 bridgehead atoms. The van der Waals surface area contributed by atoms with Gasteiger partial charge in [-0.05, 0) is 35.9 Å². The smallest absolute Gasteiger partial charge is 0.257 e. The van der Waals surface area contributed by atoms with Gasteiger partial charge in [0.25, 0.3) is 5.91 Å². The summed E-state index contributed by atoms with van der Waals surface area (Å²) in [7, 11) is 0. The molecule has 3 aromatic rings. The summed E-state index contributed by atoms with van der Waals surface area (Å²) in [5.74, 6) is 0.644. The Labute approximate surface area is 170 Å². The zero-order valence-corrected chi connectivity index (χ0v) is 16.5. The van der Waals surface area contributed by atoms with E-state index in [1.165, 1.54) is 23.1 Å². The number of nitrogens with one attached hydrogen (secondary N) is 2. The number of thioether (sulfide) groups is 1. The second-order valence-electron chi connectivity index (χ2n) is 5.50. The summed E-state index contributed by atoms with van der Waals surface area (Å²) in [4.78, 5) is 28.2. The van der Waals surface area contributed by atoms with E-state index >= 15 is 0 Å². The highest BCUT2D eigenvalue weighted by Gasteiger charge is 2.09. The lowest BCUT2D eigenvalue weighted by molar-refractivity contribution is -0.113. The van der Waals surface area contributed by atoms with Crippen molar-refractivity contribution in [3.05, 3.63) is 76.3 Å². The summed E-state index contributed by atoms with van der Waals surface area (Å²) in [6.07, 6.45) is 1.63. The molecule has 3 rings (SSSR count). The van der Waals surface area contributed by atoms with Crippen LogP contribution < -0.4 is 10.6 Å². The number of thiazole rings is 1. The minimum atomic E-state index is -0.238. The minimum absolute atomic E-state index is 0.105. The highest BCUT2D eigenvalue weighted by atomic mass is 35.5. The molecule has 0 aliphatic rings. The molecular formula is C19H16ClN3O2S2. The van der Waals surface area contributed by atoms with E-state index in [1.54, 1.807) is 35.8 Å². The maximum Gasteiger partial charge on any atom is 0.257 e. The monoisotopic (exact) mass is 417 g/mol. The van der Waals surface area contributed by atoms with Gasteiger partial charge in [-0.3, -0.25) is 14.9 Å². The van der Waals surface area contributed by atoms with Gasteiger partial charge in [-0.25, -0.2) is 4.98 Å². The van der Waals surface area contributed by atoms with E-state index in [4.69, 9.17) is 11.6 Å². The maximum atomic E-state index is 12.1. The third kappa shape index (κ3) is 5.82. The van der Waals surface area contributed by atoms with E-state index in [-0.39, 0.29) is 11.8 Å². The fourth-order valence-corrected chi connectivity index (χ4v) is 3.86. The van der Waals surface area contributed by atoms with Gasteiger partial charge in [-0.2, -0.15) is 0 Å². The molecule has 1 aromatic heterocycles. The average molecular weight is 418 g/mol. The van der Waals surface area contributed by atoms with Gasteiger partial charge >= 0.3 is 0 Å². The number of amides is 2. The summed E-state index contributed by atoms with van der Waals surface area (Å²) in [5, 5.41) is 8.58. The van der Waals surface area contributed by atoms with Crippen LogP contribution in [0, 0.1) is 0 Å². The molecule has 27 heavy (non-hydrogen) atoms. The molecule has 0 saturated carbocycles. The Morgan fingerprint density at radius 2 is 1.85 bits per heavy atom. The van der Waals surface area contributed by atoms with Crippen molar-refractivity contribution in [1.82, 2.24) is 4.98 Å². The van der Waals surface area contributed by atoms with E-state index < -0.39 is 0 Å². The normalized spacial score (nSPS) is 10.4. The van der Waals surface area contributed by atoms with E-state index in [0.717, 1.165) is 5.56 Å². The Balaban J connectivity index is 1.47. The lowest BCUT2D eigenvalue weighted by atomic mass is 10.2. The van der Waals surface area contributed by atoms with Gasteiger partial charge in [-0.15, -0.1) is 23.1 Å². The quantitative estimate of drug-likeness (QED) is 0.572. The second kappa shape index (κ2) is 9.55. The van der Waals surface area contributed by atoms with Crippen LogP contribution in [0.4, 0.5) is 10.8 Å². The first kappa shape index (κ1) is 19.4. The van der Waals surface area contributed by atoms with Crippen LogP contribution in [0.1, 0.15) is 15.9 Å². The molecule has 2 N–H and O–H groups in total. The highest BCUT2D eigenvalue weighted by Crippen LogP contribution is 2.21. The Bertz CT molecular complexity index is 915. The van der Waals surface area contributed by atoms with Crippen LogP contribution >= 0.6 is 34.7 Å². The number of nitrogens with zero attached hydrogens (tertiary/aromatic N) is 1. The third-order valence-electron chi connectivity index (χ3n) is 3.53. The summed E-state index contributed by atoms with van der Waals surface area (Å²) in [6.45, 7) is 0. The van der Waals surface area contributed by atoms with Crippen molar-refractivity contribution in [1.29, 1.82) is 0 Å². The molecule has 2 aromatic carbocycles. The molecule has 1 heterocycles. The molecule has 8 heteroatoms. The predicted molar refractivity (Wildman–Crippen MR) is 113 cm³/mol. The molecular weight excluding hydrogens is 402 g/mol. The van der Waals surface area contributed by atoms with Crippen LogP contribution in [0.15, 0.2) is 60.1 Å². The number of carbonyl (C=O) groups excluding carboxylic acids is 2. The fraction of sp³-hybridized carbons (Fsp3) is 0.105. The molecule has 0 aliphatic carbocycles. The van der Waals surface area contributed by atoms with E-state index in [2.05, 4.69) is 15.6 Å². The first-order chi connectivity index (χ1) is 13.1. The van der Waals surface area contributed by atoms with Crippen molar-refractivity contribution in [2.75, 3.05) is 16.4 Å². The van der Waals surface area contributed by atoms with Crippen molar-refractivity contribution in [2.45, 2.75) is 5.75 Å². The van der Waals surface area contributed by atoms with Crippen LogP contribution in [0.3, 0.4) is 0 Å². The molecule has 0 atom stereocenters. The molecule has 138 valence electrons. The van der Waals surface area contributed by atoms with E-state index in [0.29, 0.717) is 32.9 Å². The van der Waals surface area contributed by atoms with Gasteiger partial charge in [-0.1, -0.05) is 29.8 Å². The number of aromatic nitrogens is 1. The number of hydrogen-bond acceptors (Lipinski definition) is 5. The number of hydrogen-bond donors (Lipinski definition) is 2. The number of benzene rings is 2. The van der Waals surface area contributed by atoms with Gasteiger partial charge in [0, 0.05) is 33.6 Å². The minimum Gasteiger partial charge on any atom is -0.325 e. The zero-order valence-electron chi connectivity index (χ0n) is 14.1. The van der Waals surface area contributed by atoms with Gasteiger partial charge in [0.15, 0.2) is 5.13 Å². The van der Waals surface area contributed by atoms with Crippen molar-refractivity contribution < 1.29 is 9.59 Å². The van der Waals surface area contributed by atoms with Crippen LogP contribution in [0.2, 0.25) is 5.02 Å². The third-order valence-corrected chi connectivity index (χ3v) is 5.57. The Morgan fingerprint density at radius 1 is 1.07 bits per heavy atom. The summed E-state index contributed by atoms with van der Waals surface area (Å²) in [5.41, 5.74) is 2.15. The van der Waals surface area contributed by atoms with E-state index in [1.807, 2.05) is 24.3 Å². The largest absolute Gasteiger partial charge is 0.325 e. The molecule has 0 spiro atoms. The van der Waals surface area contributed by atoms with Crippen LogP contribution in [0.5, 0.6) is 0 Å². The van der Waals surface area contributed by atoms with Crippen molar-refractivity contribution >= 4 is 57.3 Å². The molecule has 0 saturated heterocycles. The Morgan fingerprint density at radius 3 is 2.56 bits per heavy atom. The van der Waals surface area contributed by atoms with Crippen LogP contribution in [-0.2, 0) is 10.5 Å². The summed E-state index contributed by atoms with van der Waals surface area (Å²) in [6, 6.07) is 14.3. The topological polar surface area (TPSA) is 71.1 Å². The lowest BCUT2D eigenvalue weighted by Crippen LogP contribution is -2.15. The van der Waals surface area contributed by atoms with Gasteiger partial charge < -0.3 is 5.32 Å². The number of rotatable bonds is 7. The van der Waals surface area contributed by atoms with Crippen molar-refractivity contribution in [3.8, 4) is 0 Å². The summed E-state index contributed by atoms with van der Waals surface area (Å²) < 4.78 is 0. The van der Waals surface area contributed by atoms with Gasteiger partial charge in [0.05, 0.1) is 5.75 Å². The van der Waals surface area contributed by atoms with Crippen molar-refractivity contribution in [3.63, 3.8) is 0 Å². The van der Waals surface area contributed by atoms with E-state index in [9.17, 15) is 9.59 Å². The molecule has 0 unspecified atom stereocenters. The van der Waals surface area contributed by atoms with Crippen molar-refractivity contribution in [2.24, 2.45) is 0 Å². The average Bonchev–Trinajstić information content (AvgIpc) is 3.17. The summed E-state index contributed by atoms with van der Waals surface area (Å²) >= 11 is 8.95. The number of anilines is 2. The SMILES string of the molecule is O=C(CSCc1ccccc1Cl)Nc1ccc(C(=O)Nc2nccs2)cc1.